The Labute approximate surface area is 107 Å². The van der Waals surface area contributed by atoms with E-state index >= 15 is 0 Å². The van der Waals surface area contributed by atoms with Crippen molar-refractivity contribution in [1.29, 1.82) is 0 Å². The molecule has 1 saturated carbocycles. The van der Waals surface area contributed by atoms with Crippen LogP contribution in [-0.4, -0.2) is 9.56 Å². The highest BCUT2D eigenvalue weighted by atomic mass is 32.1. The van der Waals surface area contributed by atoms with Crippen LogP contribution in [0.25, 0.3) is 0 Å². The number of hydrogen-bond acceptors (Lipinski definition) is 2. The highest BCUT2D eigenvalue weighted by molar-refractivity contribution is 7.80. The summed E-state index contributed by atoms with van der Waals surface area (Å²) in [5, 5.41) is 0. The summed E-state index contributed by atoms with van der Waals surface area (Å²) >= 11 is 5.24. The van der Waals surface area contributed by atoms with Crippen LogP contribution in [0, 0.1) is 0 Å². The second kappa shape index (κ2) is 4.61. The van der Waals surface area contributed by atoms with Crippen molar-refractivity contribution in [2.75, 3.05) is 0 Å². The monoisotopic (exact) mass is 250 g/mol. The van der Waals surface area contributed by atoms with E-state index in [0.717, 1.165) is 31.2 Å². The zero-order valence-electron chi connectivity index (χ0n) is 10.1. The molecule has 0 unspecified atom stereocenters. The standard InChI is InChI=1S/C13H18N2OS/c1-15-9-5-6-10(11(15)16)13(12(14)17)7-3-2-4-8-13/h5-6,9H,2-4,7-8H2,1H3,(H2,14,17). The molecule has 1 fully saturated rings. The molecule has 17 heavy (non-hydrogen) atoms. The molecule has 1 aliphatic rings. The Morgan fingerprint density at radius 3 is 2.65 bits per heavy atom. The maximum Gasteiger partial charge on any atom is 0.254 e. The lowest BCUT2D eigenvalue weighted by atomic mass is 9.69. The van der Waals surface area contributed by atoms with Crippen LogP contribution in [0.15, 0.2) is 23.1 Å². The average Bonchev–Trinajstić information content (AvgIpc) is 2.33. The fraction of sp³-hybridized carbons (Fsp3) is 0.538. The van der Waals surface area contributed by atoms with Gasteiger partial charge in [-0.3, -0.25) is 4.79 Å². The number of hydrogen-bond donors (Lipinski definition) is 1. The third-order valence-electron chi connectivity index (χ3n) is 3.82. The lowest BCUT2D eigenvalue weighted by Crippen LogP contribution is -2.45. The predicted molar refractivity (Wildman–Crippen MR) is 73.2 cm³/mol. The molecule has 2 N–H and O–H groups in total. The molecule has 0 spiro atoms. The summed E-state index contributed by atoms with van der Waals surface area (Å²) in [7, 11) is 1.77. The molecule has 0 radical (unpaired) electrons. The van der Waals surface area contributed by atoms with Gasteiger partial charge < -0.3 is 10.3 Å². The van der Waals surface area contributed by atoms with Crippen LogP contribution >= 0.6 is 12.2 Å². The van der Waals surface area contributed by atoms with E-state index in [9.17, 15) is 4.79 Å². The minimum Gasteiger partial charge on any atom is -0.393 e. The molecular formula is C13H18N2OS. The van der Waals surface area contributed by atoms with Crippen molar-refractivity contribution < 1.29 is 0 Å². The Morgan fingerprint density at radius 1 is 1.41 bits per heavy atom. The molecule has 1 aliphatic carbocycles. The summed E-state index contributed by atoms with van der Waals surface area (Å²) < 4.78 is 1.60. The van der Waals surface area contributed by atoms with E-state index in [1.54, 1.807) is 17.8 Å². The van der Waals surface area contributed by atoms with Gasteiger partial charge in [0.2, 0.25) is 0 Å². The fourth-order valence-electron chi connectivity index (χ4n) is 2.77. The van der Waals surface area contributed by atoms with Gasteiger partial charge in [0.1, 0.15) is 0 Å². The summed E-state index contributed by atoms with van der Waals surface area (Å²) in [6.07, 6.45) is 6.97. The summed E-state index contributed by atoms with van der Waals surface area (Å²) in [5.41, 5.74) is 6.37. The van der Waals surface area contributed by atoms with Gasteiger partial charge in [-0.1, -0.05) is 37.5 Å². The van der Waals surface area contributed by atoms with Crippen molar-refractivity contribution in [3.8, 4) is 0 Å². The molecule has 0 aliphatic heterocycles. The first-order chi connectivity index (χ1) is 8.08. The van der Waals surface area contributed by atoms with Crippen molar-refractivity contribution in [2.24, 2.45) is 12.8 Å². The molecule has 1 heterocycles. The molecule has 1 aromatic heterocycles. The maximum atomic E-state index is 12.2. The van der Waals surface area contributed by atoms with Gasteiger partial charge in [0.15, 0.2) is 0 Å². The van der Waals surface area contributed by atoms with Gasteiger partial charge in [-0.2, -0.15) is 0 Å². The third-order valence-corrected chi connectivity index (χ3v) is 4.21. The number of aromatic nitrogens is 1. The van der Waals surface area contributed by atoms with Gasteiger partial charge in [-0.15, -0.1) is 0 Å². The van der Waals surface area contributed by atoms with Crippen molar-refractivity contribution in [1.82, 2.24) is 4.57 Å². The quantitative estimate of drug-likeness (QED) is 0.815. The van der Waals surface area contributed by atoms with Gasteiger partial charge in [-0.05, 0) is 18.9 Å². The molecule has 1 aromatic rings. The number of nitrogens with zero attached hydrogens (tertiary/aromatic N) is 1. The summed E-state index contributed by atoms with van der Waals surface area (Å²) in [6.45, 7) is 0. The molecule has 2 rings (SSSR count). The minimum absolute atomic E-state index is 0.0298. The zero-order chi connectivity index (χ0) is 12.5. The molecule has 0 atom stereocenters. The normalized spacial score (nSPS) is 18.9. The Kier molecular flexibility index (Phi) is 3.33. The molecule has 4 heteroatoms. The van der Waals surface area contributed by atoms with Gasteiger partial charge in [-0.25, -0.2) is 0 Å². The van der Waals surface area contributed by atoms with E-state index in [-0.39, 0.29) is 11.0 Å². The van der Waals surface area contributed by atoms with Crippen LogP contribution in [0.3, 0.4) is 0 Å². The second-order valence-electron chi connectivity index (χ2n) is 4.84. The van der Waals surface area contributed by atoms with Crippen LogP contribution in [-0.2, 0) is 12.5 Å². The number of pyridine rings is 1. The lowest BCUT2D eigenvalue weighted by Gasteiger charge is -2.36. The topological polar surface area (TPSA) is 48.0 Å². The summed E-state index contributed by atoms with van der Waals surface area (Å²) in [4.78, 5) is 12.7. The fourth-order valence-corrected chi connectivity index (χ4v) is 3.08. The highest BCUT2D eigenvalue weighted by Crippen LogP contribution is 2.38. The molecule has 3 nitrogen and oxygen atoms in total. The van der Waals surface area contributed by atoms with Gasteiger partial charge >= 0.3 is 0 Å². The average molecular weight is 250 g/mol. The molecule has 0 amide bonds. The Bertz CT molecular complexity index is 486. The number of nitrogens with two attached hydrogens (primary N) is 1. The maximum absolute atomic E-state index is 12.2. The van der Waals surface area contributed by atoms with Crippen molar-refractivity contribution in [3.63, 3.8) is 0 Å². The van der Waals surface area contributed by atoms with Crippen LogP contribution in [0.5, 0.6) is 0 Å². The Balaban J connectivity index is 2.57. The largest absolute Gasteiger partial charge is 0.393 e. The molecule has 0 saturated heterocycles. The molecule has 0 bridgehead atoms. The molecular weight excluding hydrogens is 232 g/mol. The SMILES string of the molecule is Cn1cccc(C2(C(N)=S)CCCCC2)c1=O. The van der Waals surface area contributed by atoms with Crippen LogP contribution in [0.1, 0.15) is 37.7 Å². The predicted octanol–water partition coefficient (Wildman–Crippen LogP) is 1.87. The van der Waals surface area contributed by atoms with E-state index < -0.39 is 0 Å². The van der Waals surface area contributed by atoms with Crippen LogP contribution < -0.4 is 11.3 Å². The number of aryl methyl sites for hydroxylation is 1. The lowest BCUT2D eigenvalue weighted by molar-refractivity contribution is 0.377. The zero-order valence-corrected chi connectivity index (χ0v) is 10.9. The van der Waals surface area contributed by atoms with Crippen molar-refractivity contribution >= 4 is 17.2 Å². The van der Waals surface area contributed by atoms with E-state index in [1.807, 2.05) is 12.1 Å². The summed E-state index contributed by atoms with van der Waals surface area (Å²) in [5.74, 6) is 0. The first-order valence-electron chi connectivity index (χ1n) is 6.04. The molecule has 92 valence electrons. The number of thiocarbonyl (C=S) groups is 1. The summed E-state index contributed by atoms with van der Waals surface area (Å²) in [6, 6.07) is 3.78. The van der Waals surface area contributed by atoms with Crippen molar-refractivity contribution in [3.05, 3.63) is 34.2 Å². The van der Waals surface area contributed by atoms with E-state index in [1.165, 1.54) is 6.42 Å². The number of rotatable bonds is 2. The Hall–Kier alpha value is -1.16. The highest BCUT2D eigenvalue weighted by Gasteiger charge is 2.38. The van der Waals surface area contributed by atoms with Gasteiger partial charge in [0, 0.05) is 18.8 Å². The smallest absolute Gasteiger partial charge is 0.254 e. The van der Waals surface area contributed by atoms with E-state index in [2.05, 4.69) is 0 Å². The first-order valence-corrected chi connectivity index (χ1v) is 6.45. The van der Waals surface area contributed by atoms with Gasteiger partial charge in [0.25, 0.3) is 5.56 Å². The van der Waals surface area contributed by atoms with E-state index in [0.29, 0.717) is 4.99 Å². The third kappa shape index (κ3) is 2.02. The van der Waals surface area contributed by atoms with Gasteiger partial charge in [0.05, 0.1) is 10.4 Å². The van der Waals surface area contributed by atoms with E-state index in [4.69, 9.17) is 18.0 Å². The molecule has 0 aromatic carbocycles. The van der Waals surface area contributed by atoms with Crippen LogP contribution in [0.4, 0.5) is 0 Å². The van der Waals surface area contributed by atoms with Crippen molar-refractivity contribution in [2.45, 2.75) is 37.5 Å². The van der Waals surface area contributed by atoms with Crippen LogP contribution in [0.2, 0.25) is 0 Å². The second-order valence-corrected chi connectivity index (χ2v) is 5.28. The Morgan fingerprint density at radius 2 is 2.06 bits per heavy atom. The minimum atomic E-state index is -0.371. The first kappa shape index (κ1) is 12.3.